The fourth-order valence-corrected chi connectivity index (χ4v) is 3.90. The molecule has 1 atom stereocenters. The van der Waals surface area contributed by atoms with Crippen LogP contribution in [0.25, 0.3) is 0 Å². The minimum atomic E-state index is -0.774. The summed E-state index contributed by atoms with van der Waals surface area (Å²) in [4.78, 5) is 28.3. The average Bonchev–Trinajstić information content (AvgIpc) is 3.19. The van der Waals surface area contributed by atoms with Crippen molar-refractivity contribution in [3.05, 3.63) is 62.9 Å². The minimum absolute atomic E-state index is 0.0778. The number of pyridine rings is 1. The van der Waals surface area contributed by atoms with Crippen molar-refractivity contribution in [2.75, 3.05) is 34.5 Å². The number of nitrogens with zero attached hydrogens (tertiary/aromatic N) is 2. The maximum atomic E-state index is 13.6. The van der Waals surface area contributed by atoms with Gasteiger partial charge in [0.2, 0.25) is 12.7 Å². The zero-order chi connectivity index (χ0) is 22.3. The third-order valence-corrected chi connectivity index (χ3v) is 5.48. The van der Waals surface area contributed by atoms with E-state index in [0.717, 1.165) is 5.69 Å². The third kappa shape index (κ3) is 3.61. The lowest BCUT2D eigenvalue weighted by Crippen LogP contribution is -2.36. The van der Waals surface area contributed by atoms with Gasteiger partial charge < -0.3 is 34.1 Å². The van der Waals surface area contributed by atoms with Crippen molar-refractivity contribution in [2.45, 2.75) is 19.4 Å². The van der Waals surface area contributed by atoms with Crippen LogP contribution in [0.3, 0.4) is 0 Å². The van der Waals surface area contributed by atoms with E-state index in [-0.39, 0.29) is 23.8 Å². The van der Waals surface area contributed by atoms with E-state index in [0.29, 0.717) is 41.5 Å². The van der Waals surface area contributed by atoms with Crippen LogP contribution in [0.5, 0.6) is 17.2 Å². The van der Waals surface area contributed by atoms with Gasteiger partial charge in [0.15, 0.2) is 11.5 Å². The topological polar surface area (TPSA) is 105 Å². The molecule has 1 aromatic carbocycles. The second-order valence-electron chi connectivity index (χ2n) is 7.74. The molecule has 0 spiro atoms. The number of likely N-dealkylation sites (N-methyl/N-ethyl adjacent to an activating group) is 1. The van der Waals surface area contributed by atoms with Gasteiger partial charge in [-0.3, -0.25) is 4.79 Å². The molecule has 2 aromatic rings. The van der Waals surface area contributed by atoms with E-state index in [1.165, 1.54) is 7.11 Å². The van der Waals surface area contributed by atoms with Gasteiger partial charge in [0.05, 0.1) is 18.6 Å². The molecule has 2 aliphatic rings. The molecule has 9 nitrogen and oxygen atoms in total. The van der Waals surface area contributed by atoms with Gasteiger partial charge >= 0.3 is 5.97 Å². The van der Waals surface area contributed by atoms with Gasteiger partial charge in [0.25, 0.3) is 5.56 Å². The molecule has 164 valence electrons. The van der Waals surface area contributed by atoms with Crippen LogP contribution in [0, 0.1) is 6.92 Å². The highest BCUT2D eigenvalue weighted by atomic mass is 16.7. The lowest BCUT2D eigenvalue weighted by molar-refractivity contribution is -0.136. The monoisotopic (exact) mass is 427 g/mol. The Morgan fingerprint density at radius 2 is 1.97 bits per heavy atom. The van der Waals surface area contributed by atoms with E-state index in [2.05, 4.69) is 0 Å². The molecule has 2 aliphatic heterocycles. The van der Waals surface area contributed by atoms with Crippen molar-refractivity contribution >= 4 is 5.97 Å². The van der Waals surface area contributed by atoms with Crippen LogP contribution in [0.1, 0.15) is 22.7 Å². The highest BCUT2D eigenvalue weighted by Crippen LogP contribution is 2.44. The number of rotatable bonds is 5. The Hall–Kier alpha value is -3.46. The van der Waals surface area contributed by atoms with Crippen molar-refractivity contribution < 1.29 is 23.7 Å². The van der Waals surface area contributed by atoms with E-state index < -0.39 is 11.9 Å². The lowest BCUT2D eigenvalue weighted by atomic mass is 9.83. The van der Waals surface area contributed by atoms with Gasteiger partial charge in [-0.1, -0.05) is 6.07 Å². The zero-order valence-electron chi connectivity index (χ0n) is 17.9. The molecule has 31 heavy (non-hydrogen) atoms. The fourth-order valence-electron chi connectivity index (χ4n) is 3.90. The van der Waals surface area contributed by atoms with Gasteiger partial charge in [0, 0.05) is 24.8 Å². The predicted octanol–water partition coefficient (Wildman–Crippen LogP) is 1.31. The number of aromatic nitrogens is 1. The standard InChI is InChI=1S/C22H25N3O6/c1-12-9-16-18(21(26)25(12)8-7-24(2)3)17(19(20(23)31-16)22(27)28-4)13-5-6-14-15(10-13)30-11-29-14/h5-6,9-10,17H,7-8,11,23H2,1-4H3. The maximum Gasteiger partial charge on any atom is 0.340 e. The maximum absolute atomic E-state index is 13.6. The van der Waals surface area contributed by atoms with E-state index in [4.69, 9.17) is 24.7 Å². The average molecular weight is 427 g/mol. The molecule has 0 amide bonds. The smallest absolute Gasteiger partial charge is 0.340 e. The number of carbonyl (C=O) groups excluding carboxylic acids is 1. The van der Waals surface area contributed by atoms with Crippen molar-refractivity contribution in [3.63, 3.8) is 0 Å². The van der Waals surface area contributed by atoms with Crippen LogP contribution >= 0.6 is 0 Å². The van der Waals surface area contributed by atoms with Gasteiger partial charge in [-0.15, -0.1) is 0 Å². The van der Waals surface area contributed by atoms with Crippen molar-refractivity contribution in [1.29, 1.82) is 0 Å². The van der Waals surface area contributed by atoms with E-state index in [1.807, 2.05) is 25.9 Å². The first-order chi connectivity index (χ1) is 14.8. The Kier molecular flexibility index (Phi) is 5.36. The van der Waals surface area contributed by atoms with Gasteiger partial charge in [-0.05, 0) is 38.7 Å². The van der Waals surface area contributed by atoms with Gasteiger partial charge in [-0.25, -0.2) is 4.79 Å². The highest BCUT2D eigenvalue weighted by molar-refractivity contribution is 5.92. The van der Waals surface area contributed by atoms with Crippen LogP contribution in [-0.4, -0.2) is 50.0 Å². The lowest BCUT2D eigenvalue weighted by Gasteiger charge is -2.29. The molecule has 9 heteroatoms. The summed E-state index contributed by atoms with van der Waals surface area (Å²) >= 11 is 0. The molecule has 2 N–H and O–H groups in total. The number of fused-ring (bicyclic) bond motifs is 2. The molecule has 0 fully saturated rings. The Balaban J connectivity index is 1.93. The van der Waals surface area contributed by atoms with Gasteiger partial charge in [-0.2, -0.15) is 0 Å². The molecule has 3 heterocycles. The first-order valence-corrected chi connectivity index (χ1v) is 9.86. The largest absolute Gasteiger partial charge is 0.465 e. The predicted molar refractivity (Wildman–Crippen MR) is 112 cm³/mol. The number of hydrogen-bond acceptors (Lipinski definition) is 8. The zero-order valence-corrected chi connectivity index (χ0v) is 17.9. The van der Waals surface area contributed by atoms with E-state index >= 15 is 0 Å². The first kappa shape index (κ1) is 20.8. The molecule has 0 saturated heterocycles. The number of carbonyl (C=O) groups is 1. The second kappa shape index (κ2) is 7.99. The SMILES string of the molecule is COC(=O)C1=C(N)Oc2cc(C)n(CCN(C)C)c(=O)c2C1c1ccc2c(c1)OCO2. The van der Waals surface area contributed by atoms with Crippen LogP contribution in [0.2, 0.25) is 0 Å². The number of benzene rings is 1. The number of esters is 1. The normalized spacial score (nSPS) is 16.9. The number of methoxy groups -OCH3 is 1. The molecule has 1 unspecified atom stereocenters. The molecule has 0 aliphatic carbocycles. The van der Waals surface area contributed by atoms with Crippen LogP contribution < -0.4 is 25.5 Å². The number of aryl methyl sites for hydroxylation is 1. The van der Waals surface area contributed by atoms with E-state index in [1.54, 1.807) is 28.8 Å². The quantitative estimate of drug-likeness (QED) is 0.713. The summed E-state index contributed by atoms with van der Waals surface area (Å²) in [6.07, 6.45) is 0. The Labute approximate surface area is 179 Å². The van der Waals surface area contributed by atoms with E-state index in [9.17, 15) is 9.59 Å². The second-order valence-corrected chi connectivity index (χ2v) is 7.74. The molecule has 4 rings (SSSR count). The summed E-state index contributed by atoms with van der Waals surface area (Å²) < 4.78 is 23.3. The Bertz CT molecular complexity index is 1130. The molecule has 0 bridgehead atoms. The Morgan fingerprint density at radius 1 is 1.23 bits per heavy atom. The number of hydrogen-bond donors (Lipinski definition) is 1. The molecule has 0 radical (unpaired) electrons. The summed E-state index contributed by atoms with van der Waals surface area (Å²) in [5, 5.41) is 0. The fraction of sp³-hybridized carbons (Fsp3) is 0.364. The third-order valence-electron chi connectivity index (χ3n) is 5.48. The number of ether oxygens (including phenoxy) is 4. The van der Waals surface area contributed by atoms with Crippen molar-refractivity contribution in [1.82, 2.24) is 9.47 Å². The first-order valence-electron chi connectivity index (χ1n) is 9.86. The van der Waals surface area contributed by atoms with Crippen molar-refractivity contribution in [3.8, 4) is 17.2 Å². The van der Waals surface area contributed by atoms with Crippen LogP contribution in [0.15, 0.2) is 40.5 Å². The van der Waals surface area contributed by atoms with Gasteiger partial charge in [0.1, 0.15) is 11.3 Å². The summed E-state index contributed by atoms with van der Waals surface area (Å²) in [7, 11) is 5.14. The Morgan fingerprint density at radius 3 is 2.68 bits per heavy atom. The molecule has 1 aromatic heterocycles. The van der Waals surface area contributed by atoms with Crippen LogP contribution in [-0.2, 0) is 16.1 Å². The summed E-state index contributed by atoms with van der Waals surface area (Å²) in [6, 6.07) is 7.05. The summed E-state index contributed by atoms with van der Waals surface area (Å²) in [6.45, 7) is 3.12. The summed E-state index contributed by atoms with van der Waals surface area (Å²) in [5.41, 5.74) is 7.69. The highest BCUT2D eigenvalue weighted by Gasteiger charge is 2.38. The molecular formula is C22H25N3O6. The summed E-state index contributed by atoms with van der Waals surface area (Å²) in [5.74, 6) is -0.0633. The molecule has 0 saturated carbocycles. The molecular weight excluding hydrogens is 402 g/mol. The minimum Gasteiger partial charge on any atom is -0.465 e. The van der Waals surface area contributed by atoms with Crippen molar-refractivity contribution in [2.24, 2.45) is 5.73 Å². The van der Waals surface area contributed by atoms with Crippen LogP contribution in [0.4, 0.5) is 0 Å². The number of nitrogens with two attached hydrogens (primary N) is 1.